The fourth-order valence-electron chi connectivity index (χ4n) is 2.89. The van der Waals surface area contributed by atoms with Gasteiger partial charge in [-0.15, -0.1) is 0 Å². The average Bonchev–Trinajstić information content (AvgIpc) is 2.41. The van der Waals surface area contributed by atoms with Gasteiger partial charge in [0.1, 0.15) is 11.6 Å². The Kier molecular flexibility index (Phi) is 9.27. The Labute approximate surface area is 124 Å². The van der Waals surface area contributed by atoms with E-state index in [1.165, 1.54) is 38.5 Å². The van der Waals surface area contributed by atoms with Crippen LogP contribution in [0.25, 0.3) is 0 Å². The SMILES string of the molecule is CC(=O)C1CCC=CCCCCCCCCCCC1=O. The molecule has 114 valence electrons. The molecule has 1 aliphatic carbocycles. The quantitative estimate of drug-likeness (QED) is 0.499. The number of Topliss-reactive ketones (excluding diaryl/α,β-unsaturated/α-hetero) is 2. The number of hydrogen-bond acceptors (Lipinski definition) is 2. The monoisotopic (exact) mass is 278 g/mol. The van der Waals surface area contributed by atoms with Gasteiger partial charge in [0.05, 0.1) is 5.92 Å². The number of ketones is 2. The lowest BCUT2D eigenvalue weighted by Gasteiger charge is -2.11. The second kappa shape index (κ2) is 10.8. The zero-order chi connectivity index (χ0) is 14.6. The Hall–Kier alpha value is -0.920. The summed E-state index contributed by atoms with van der Waals surface area (Å²) in [4.78, 5) is 23.7. The van der Waals surface area contributed by atoms with Crippen LogP contribution in [0, 0.1) is 5.92 Å². The highest BCUT2D eigenvalue weighted by atomic mass is 16.1. The molecule has 0 aromatic heterocycles. The zero-order valence-electron chi connectivity index (χ0n) is 13.0. The van der Waals surface area contributed by atoms with E-state index in [0.717, 1.165) is 25.7 Å². The second-order valence-corrected chi connectivity index (χ2v) is 6.05. The molecule has 0 N–H and O–H groups in total. The first kappa shape index (κ1) is 17.1. The van der Waals surface area contributed by atoms with Crippen LogP contribution >= 0.6 is 0 Å². The molecular formula is C18H30O2. The largest absolute Gasteiger partial charge is 0.299 e. The molecule has 0 aliphatic heterocycles. The van der Waals surface area contributed by atoms with E-state index in [1.807, 2.05) is 0 Å². The minimum Gasteiger partial charge on any atom is -0.299 e. The van der Waals surface area contributed by atoms with E-state index >= 15 is 0 Å². The molecule has 20 heavy (non-hydrogen) atoms. The Morgan fingerprint density at radius 2 is 1.45 bits per heavy atom. The summed E-state index contributed by atoms with van der Waals surface area (Å²) < 4.78 is 0. The molecule has 0 amide bonds. The Morgan fingerprint density at radius 1 is 0.900 bits per heavy atom. The summed E-state index contributed by atoms with van der Waals surface area (Å²) in [5, 5.41) is 0. The lowest BCUT2D eigenvalue weighted by atomic mass is 9.91. The summed E-state index contributed by atoms with van der Waals surface area (Å²) in [5.41, 5.74) is 0. The van der Waals surface area contributed by atoms with Crippen LogP contribution in [0.1, 0.15) is 84.0 Å². The highest BCUT2D eigenvalue weighted by molar-refractivity contribution is 6.01. The van der Waals surface area contributed by atoms with E-state index in [4.69, 9.17) is 0 Å². The Balaban J connectivity index is 2.47. The summed E-state index contributed by atoms with van der Waals surface area (Å²) in [6.07, 6.45) is 17.5. The predicted octanol–water partition coefficient (Wildman–Crippen LogP) is 5.01. The summed E-state index contributed by atoms with van der Waals surface area (Å²) in [7, 11) is 0. The molecule has 2 nitrogen and oxygen atoms in total. The summed E-state index contributed by atoms with van der Waals surface area (Å²) in [6.45, 7) is 1.56. The maximum Gasteiger partial charge on any atom is 0.143 e. The Morgan fingerprint density at radius 3 is 2.10 bits per heavy atom. The van der Waals surface area contributed by atoms with Gasteiger partial charge in [0, 0.05) is 6.42 Å². The summed E-state index contributed by atoms with van der Waals surface area (Å²) in [5.74, 6) is -0.143. The van der Waals surface area contributed by atoms with Crippen molar-refractivity contribution in [1.82, 2.24) is 0 Å². The van der Waals surface area contributed by atoms with Crippen LogP contribution in [0.2, 0.25) is 0 Å². The first-order valence-electron chi connectivity index (χ1n) is 8.40. The van der Waals surface area contributed by atoms with Crippen molar-refractivity contribution in [3.63, 3.8) is 0 Å². The van der Waals surface area contributed by atoms with Crippen LogP contribution in [0.3, 0.4) is 0 Å². The number of carbonyl (C=O) groups is 2. The third kappa shape index (κ3) is 7.62. The van der Waals surface area contributed by atoms with Crippen LogP contribution in [0.4, 0.5) is 0 Å². The van der Waals surface area contributed by atoms with E-state index in [1.54, 1.807) is 6.92 Å². The van der Waals surface area contributed by atoms with Gasteiger partial charge in [-0.05, 0) is 39.0 Å². The molecule has 0 heterocycles. The van der Waals surface area contributed by atoms with E-state index in [0.29, 0.717) is 12.8 Å². The smallest absolute Gasteiger partial charge is 0.143 e. The van der Waals surface area contributed by atoms with Gasteiger partial charge in [-0.1, -0.05) is 50.7 Å². The van der Waals surface area contributed by atoms with Crippen molar-refractivity contribution in [1.29, 1.82) is 0 Å². The predicted molar refractivity (Wildman–Crippen MR) is 83.7 cm³/mol. The van der Waals surface area contributed by atoms with Crippen molar-refractivity contribution in [2.45, 2.75) is 84.0 Å². The third-order valence-electron chi connectivity index (χ3n) is 4.21. The minimum absolute atomic E-state index is 0.0458. The van der Waals surface area contributed by atoms with Crippen molar-refractivity contribution in [2.75, 3.05) is 0 Å². The van der Waals surface area contributed by atoms with Gasteiger partial charge in [-0.25, -0.2) is 0 Å². The van der Waals surface area contributed by atoms with E-state index in [2.05, 4.69) is 12.2 Å². The molecule has 0 aromatic rings. The summed E-state index contributed by atoms with van der Waals surface area (Å²) >= 11 is 0. The standard InChI is InChI=1S/C18H30O2/c1-16(19)17-14-12-10-8-6-4-2-3-5-7-9-11-13-15-18(17)20/h8,10,17H,2-7,9,11-15H2,1H3. The number of allylic oxidation sites excluding steroid dienone is 2. The van der Waals surface area contributed by atoms with Crippen LogP contribution in [-0.2, 0) is 9.59 Å². The normalized spacial score (nSPS) is 24.4. The molecule has 1 unspecified atom stereocenters. The molecule has 0 fully saturated rings. The molecule has 0 spiro atoms. The van der Waals surface area contributed by atoms with E-state index in [9.17, 15) is 9.59 Å². The molecule has 0 bridgehead atoms. The fraction of sp³-hybridized carbons (Fsp3) is 0.778. The van der Waals surface area contributed by atoms with Crippen LogP contribution in [-0.4, -0.2) is 11.6 Å². The molecular weight excluding hydrogens is 248 g/mol. The second-order valence-electron chi connectivity index (χ2n) is 6.05. The lowest BCUT2D eigenvalue weighted by molar-refractivity contribution is -0.131. The van der Waals surface area contributed by atoms with Crippen molar-refractivity contribution >= 4 is 11.6 Å². The first-order chi connectivity index (χ1) is 9.72. The van der Waals surface area contributed by atoms with Crippen LogP contribution < -0.4 is 0 Å². The Bertz CT molecular complexity index is 317. The van der Waals surface area contributed by atoms with Gasteiger partial charge in [0.15, 0.2) is 0 Å². The third-order valence-corrected chi connectivity index (χ3v) is 4.21. The molecule has 1 atom stereocenters. The van der Waals surface area contributed by atoms with Gasteiger partial charge >= 0.3 is 0 Å². The number of rotatable bonds is 1. The molecule has 0 saturated heterocycles. The van der Waals surface area contributed by atoms with Crippen molar-refractivity contribution in [3.8, 4) is 0 Å². The number of carbonyl (C=O) groups excluding carboxylic acids is 2. The van der Waals surface area contributed by atoms with Crippen molar-refractivity contribution in [2.24, 2.45) is 5.92 Å². The highest BCUT2D eigenvalue weighted by Gasteiger charge is 2.21. The summed E-state index contributed by atoms with van der Waals surface area (Å²) in [6, 6.07) is 0. The average molecular weight is 278 g/mol. The first-order valence-corrected chi connectivity index (χ1v) is 8.40. The maximum absolute atomic E-state index is 12.1. The fourth-order valence-corrected chi connectivity index (χ4v) is 2.89. The number of hydrogen-bond donors (Lipinski definition) is 0. The molecule has 2 heteroatoms. The molecule has 0 radical (unpaired) electrons. The topological polar surface area (TPSA) is 34.1 Å². The van der Waals surface area contributed by atoms with Gasteiger partial charge in [-0.3, -0.25) is 9.59 Å². The van der Waals surface area contributed by atoms with Gasteiger partial charge in [-0.2, -0.15) is 0 Å². The van der Waals surface area contributed by atoms with E-state index in [-0.39, 0.29) is 17.5 Å². The van der Waals surface area contributed by atoms with Crippen molar-refractivity contribution < 1.29 is 9.59 Å². The van der Waals surface area contributed by atoms with Gasteiger partial charge in [0.2, 0.25) is 0 Å². The zero-order valence-corrected chi connectivity index (χ0v) is 13.0. The van der Waals surface area contributed by atoms with Gasteiger partial charge in [0.25, 0.3) is 0 Å². The molecule has 1 rings (SSSR count). The maximum atomic E-state index is 12.1. The molecule has 1 aliphatic rings. The van der Waals surface area contributed by atoms with Crippen molar-refractivity contribution in [3.05, 3.63) is 12.2 Å². The highest BCUT2D eigenvalue weighted by Crippen LogP contribution is 2.17. The van der Waals surface area contributed by atoms with Gasteiger partial charge < -0.3 is 0 Å². The van der Waals surface area contributed by atoms with E-state index < -0.39 is 0 Å². The lowest BCUT2D eigenvalue weighted by Crippen LogP contribution is -2.21. The van der Waals surface area contributed by atoms with Crippen LogP contribution in [0.15, 0.2) is 12.2 Å². The minimum atomic E-state index is -0.354. The van der Waals surface area contributed by atoms with Crippen LogP contribution in [0.5, 0.6) is 0 Å². The molecule has 0 saturated carbocycles. The molecule has 0 aromatic carbocycles.